The summed E-state index contributed by atoms with van der Waals surface area (Å²) in [4.78, 5) is 27.8. The van der Waals surface area contributed by atoms with Crippen molar-refractivity contribution in [1.29, 1.82) is 0 Å². The van der Waals surface area contributed by atoms with E-state index in [0.717, 1.165) is 23.8 Å². The molecule has 1 atom stereocenters. The molecule has 2 aromatic rings. The maximum atomic E-state index is 13.4. The largest absolute Gasteiger partial charge is 0.350 e. The van der Waals surface area contributed by atoms with Crippen LogP contribution in [-0.4, -0.2) is 49.5 Å². The van der Waals surface area contributed by atoms with Gasteiger partial charge in [-0.05, 0) is 75.9 Å². The number of carbonyl (C=O) groups excluding carboxylic acids is 2. The van der Waals surface area contributed by atoms with Gasteiger partial charge < -0.3 is 10.2 Å². The number of benzene rings is 2. The highest BCUT2D eigenvalue weighted by Gasteiger charge is 2.28. The SMILES string of the molecule is CCc1ccc(N(CCCC(=O)N(Cc2ccc(Cl)c(Cl)c2)[C@H](C)C(=O)NC(C)(C)C)S(C)(=O)=O)cc1. The van der Waals surface area contributed by atoms with E-state index in [1.807, 2.05) is 39.8 Å². The molecule has 0 saturated heterocycles. The van der Waals surface area contributed by atoms with Crippen LogP contribution in [0.2, 0.25) is 10.0 Å². The van der Waals surface area contributed by atoms with E-state index in [1.54, 1.807) is 37.3 Å². The topological polar surface area (TPSA) is 86.8 Å². The number of anilines is 1. The molecular formula is C27H37Cl2N3O4S. The van der Waals surface area contributed by atoms with Crippen LogP contribution >= 0.6 is 23.2 Å². The molecule has 0 aliphatic carbocycles. The number of halogens is 2. The van der Waals surface area contributed by atoms with Gasteiger partial charge in [-0.25, -0.2) is 8.42 Å². The van der Waals surface area contributed by atoms with E-state index in [2.05, 4.69) is 5.32 Å². The summed E-state index contributed by atoms with van der Waals surface area (Å²) < 4.78 is 26.3. The monoisotopic (exact) mass is 569 g/mol. The number of nitrogens with zero attached hydrogens (tertiary/aromatic N) is 2. The second-order valence-electron chi connectivity index (χ2n) is 10.1. The molecule has 0 aromatic heterocycles. The Kier molecular flexibility index (Phi) is 10.9. The van der Waals surface area contributed by atoms with Crippen molar-refractivity contribution in [3.63, 3.8) is 0 Å². The molecule has 7 nitrogen and oxygen atoms in total. The fourth-order valence-corrected chi connectivity index (χ4v) is 5.08. The van der Waals surface area contributed by atoms with Crippen LogP contribution in [0, 0.1) is 0 Å². The van der Waals surface area contributed by atoms with E-state index < -0.39 is 21.6 Å². The summed E-state index contributed by atoms with van der Waals surface area (Å²) in [7, 11) is -3.55. The number of aryl methyl sites for hydroxylation is 1. The standard InChI is InChI=1S/C27H37Cl2N3O4S/c1-7-20-10-13-22(14-11-20)32(37(6,35)36)16-8-9-25(33)31(19(2)26(34)30-27(3,4)5)18-21-12-15-23(28)24(29)17-21/h10-15,17,19H,7-9,16,18H2,1-6H3,(H,30,34)/t19-/m1/s1. The van der Waals surface area contributed by atoms with Crippen LogP contribution in [0.25, 0.3) is 0 Å². The van der Waals surface area contributed by atoms with Gasteiger partial charge in [0.15, 0.2) is 0 Å². The van der Waals surface area contributed by atoms with Crippen molar-refractivity contribution >= 4 is 50.7 Å². The van der Waals surface area contributed by atoms with Gasteiger partial charge in [-0.15, -0.1) is 0 Å². The van der Waals surface area contributed by atoms with Crippen molar-refractivity contribution in [2.45, 2.75) is 72.0 Å². The molecular weight excluding hydrogens is 533 g/mol. The van der Waals surface area contributed by atoms with Gasteiger partial charge in [0, 0.05) is 25.0 Å². The number of nitrogens with one attached hydrogen (secondary N) is 1. The Morgan fingerprint density at radius 2 is 1.59 bits per heavy atom. The first-order chi connectivity index (χ1) is 17.1. The number of rotatable bonds is 11. The summed E-state index contributed by atoms with van der Waals surface area (Å²) in [5.74, 6) is -0.549. The summed E-state index contributed by atoms with van der Waals surface area (Å²) in [6.45, 7) is 9.61. The maximum Gasteiger partial charge on any atom is 0.242 e. The van der Waals surface area contributed by atoms with Crippen molar-refractivity contribution in [2.75, 3.05) is 17.1 Å². The molecule has 37 heavy (non-hydrogen) atoms. The molecule has 2 aromatic carbocycles. The van der Waals surface area contributed by atoms with Gasteiger partial charge in [-0.1, -0.05) is 48.3 Å². The number of amides is 2. The maximum absolute atomic E-state index is 13.4. The molecule has 10 heteroatoms. The van der Waals surface area contributed by atoms with Crippen molar-refractivity contribution in [1.82, 2.24) is 10.2 Å². The minimum absolute atomic E-state index is 0.0630. The molecule has 0 bridgehead atoms. The van der Waals surface area contributed by atoms with Crippen LogP contribution in [-0.2, 0) is 32.6 Å². The van der Waals surface area contributed by atoms with Gasteiger partial charge in [-0.2, -0.15) is 0 Å². The Morgan fingerprint density at radius 1 is 1.00 bits per heavy atom. The summed E-state index contributed by atoms with van der Waals surface area (Å²) in [5, 5.41) is 3.67. The molecule has 2 amide bonds. The highest BCUT2D eigenvalue weighted by molar-refractivity contribution is 7.92. The van der Waals surface area contributed by atoms with Crippen molar-refractivity contribution in [3.8, 4) is 0 Å². The van der Waals surface area contributed by atoms with Gasteiger partial charge >= 0.3 is 0 Å². The van der Waals surface area contributed by atoms with E-state index >= 15 is 0 Å². The zero-order chi connectivity index (χ0) is 28.0. The average molecular weight is 571 g/mol. The van der Waals surface area contributed by atoms with Crippen LogP contribution in [0.4, 0.5) is 5.69 Å². The number of hydrogen-bond donors (Lipinski definition) is 1. The highest BCUT2D eigenvalue weighted by Crippen LogP contribution is 2.24. The second-order valence-corrected chi connectivity index (χ2v) is 12.9. The summed E-state index contributed by atoms with van der Waals surface area (Å²) >= 11 is 12.2. The summed E-state index contributed by atoms with van der Waals surface area (Å²) in [6.07, 6.45) is 2.35. The molecule has 0 heterocycles. The van der Waals surface area contributed by atoms with Gasteiger partial charge in [0.05, 0.1) is 22.0 Å². The third-order valence-corrected chi connectivity index (χ3v) is 7.72. The fraction of sp³-hybridized carbons (Fsp3) is 0.481. The highest BCUT2D eigenvalue weighted by atomic mass is 35.5. The van der Waals surface area contributed by atoms with Crippen LogP contribution in [0.3, 0.4) is 0 Å². The molecule has 1 N–H and O–H groups in total. The Hall–Kier alpha value is -2.29. The smallest absolute Gasteiger partial charge is 0.242 e. The lowest BCUT2D eigenvalue weighted by molar-refractivity contribution is -0.141. The molecule has 0 spiro atoms. The molecule has 0 fully saturated rings. The molecule has 0 aliphatic heterocycles. The normalized spacial score (nSPS) is 12.6. The molecule has 0 saturated carbocycles. The van der Waals surface area contributed by atoms with E-state index in [-0.39, 0.29) is 37.7 Å². The summed E-state index contributed by atoms with van der Waals surface area (Å²) in [6, 6.07) is 11.7. The Balaban J connectivity index is 2.21. The average Bonchev–Trinajstić information content (AvgIpc) is 2.80. The first-order valence-electron chi connectivity index (χ1n) is 12.2. The van der Waals surface area contributed by atoms with Crippen LogP contribution in [0.15, 0.2) is 42.5 Å². The lowest BCUT2D eigenvalue weighted by atomic mass is 10.1. The Bertz CT molecular complexity index is 1200. The van der Waals surface area contributed by atoms with E-state index in [4.69, 9.17) is 23.2 Å². The van der Waals surface area contributed by atoms with Crippen molar-refractivity contribution in [2.24, 2.45) is 0 Å². The van der Waals surface area contributed by atoms with Gasteiger partial charge in [0.25, 0.3) is 0 Å². The first-order valence-corrected chi connectivity index (χ1v) is 14.8. The third-order valence-electron chi connectivity index (χ3n) is 5.79. The number of carbonyl (C=O) groups is 2. The first kappa shape index (κ1) is 30.9. The zero-order valence-electron chi connectivity index (χ0n) is 22.3. The second kappa shape index (κ2) is 13.0. The molecule has 0 aliphatic rings. The quantitative estimate of drug-likeness (QED) is 0.390. The molecule has 2 rings (SSSR count). The number of hydrogen-bond acceptors (Lipinski definition) is 4. The number of sulfonamides is 1. The zero-order valence-corrected chi connectivity index (χ0v) is 24.7. The lowest BCUT2D eigenvalue weighted by Crippen LogP contribution is -2.52. The van der Waals surface area contributed by atoms with Gasteiger partial charge in [-0.3, -0.25) is 13.9 Å². The van der Waals surface area contributed by atoms with Crippen LogP contribution < -0.4 is 9.62 Å². The Labute approximate surface area is 231 Å². The molecule has 204 valence electrons. The van der Waals surface area contributed by atoms with Crippen molar-refractivity contribution < 1.29 is 18.0 Å². The fourth-order valence-electron chi connectivity index (χ4n) is 3.79. The van der Waals surface area contributed by atoms with Crippen LogP contribution in [0.5, 0.6) is 0 Å². The molecule has 0 unspecified atom stereocenters. The lowest BCUT2D eigenvalue weighted by Gasteiger charge is -2.32. The van der Waals surface area contributed by atoms with Gasteiger partial charge in [0.2, 0.25) is 21.8 Å². The van der Waals surface area contributed by atoms with Crippen LogP contribution in [0.1, 0.15) is 58.6 Å². The Morgan fingerprint density at radius 3 is 2.11 bits per heavy atom. The minimum Gasteiger partial charge on any atom is -0.350 e. The van der Waals surface area contributed by atoms with E-state index in [9.17, 15) is 18.0 Å². The van der Waals surface area contributed by atoms with E-state index in [0.29, 0.717) is 15.7 Å². The summed E-state index contributed by atoms with van der Waals surface area (Å²) in [5.41, 5.74) is 1.92. The van der Waals surface area contributed by atoms with Gasteiger partial charge in [0.1, 0.15) is 6.04 Å². The van der Waals surface area contributed by atoms with E-state index in [1.165, 1.54) is 9.21 Å². The predicted molar refractivity (Wildman–Crippen MR) is 152 cm³/mol. The predicted octanol–water partition coefficient (Wildman–Crippen LogP) is 5.43. The third kappa shape index (κ3) is 9.51. The van der Waals surface area contributed by atoms with Crippen molar-refractivity contribution in [3.05, 3.63) is 63.6 Å². The molecule has 0 radical (unpaired) electrons. The minimum atomic E-state index is -3.55.